The first-order valence-corrected chi connectivity index (χ1v) is 32.1. The first-order valence-electron chi connectivity index (χ1n) is 32.1. The maximum Gasteiger partial charge on any atom is 0.410 e. The molecule has 2 fully saturated rings. The number of allylic oxidation sites excluding steroid dienone is 2. The number of urea groups is 1. The maximum atomic E-state index is 14.3. The number of amides is 9. The number of hydrogen-bond acceptors (Lipinski definition) is 18. The lowest BCUT2D eigenvalue weighted by molar-refractivity contribution is -0.152. The molecule has 10 N–H and O–H groups in total. The maximum absolute atomic E-state index is 14.3. The van der Waals surface area contributed by atoms with Gasteiger partial charge in [-0.1, -0.05) is 77.5 Å². The highest BCUT2D eigenvalue weighted by Gasteiger charge is 2.47. The van der Waals surface area contributed by atoms with Gasteiger partial charge in [-0.2, -0.15) is 0 Å². The van der Waals surface area contributed by atoms with Crippen molar-refractivity contribution in [3.8, 4) is 0 Å². The number of nitrogens with one attached hydrogen (secondary N) is 4. The number of anilines is 1. The van der Waals surface area contributed by atoms with Crippen LogP contribution in [0.25, 0.3) is 0 Å². The number of piperazine rings is 1. The van der Waals surface area contributed by atoms with Gasteiger partial charge in [-0.05, 0) is 107 Å². The molecule has 516 valence electrons. The molecular weight excluding hydrogens is 1210 g/mol. The van der Waals surface area contributed by atoms with E-state index in [9.17, 15) is 68.4 Å². The molecule has 0 bridgehead atoms. The number of epoxide rings is 1. The van der Waals surface area contributed by atoms with Crippen LogP contribution < -0.4 is 27.0 Å². The SMILES string of the molecule is CC[C@H](O)[C@@H](C)[C@H]1O[C@@H]1CC(C)(O)/C=C/C=C(\C)[C@H]1OC(=O)C[C@H](O)CC[C@@](C)(OC)[C@@H](OC(=O)N2CCN(C(=O)OCc3ccc(NC(=O)[C@H](CCCNC(N)=O)NC(=O)[C@@H](NC(=O)CCCCCN4C(=O)C=CC4=O)C(C)C)cc3)[C@H](CCC(=O)O)C2)/C=C/[C@@H]1C. The predicted molar refractivity (Wildman–Crippen MR) is 340 cm³/mol. The van der Waals surface area contributed by atoms with Crippen molar-refractivity contribution in [1.29, 1.82) is 0 Å². The zero-order valence-electron chi connectivity index (χ0n) is 55.0. The van der Waals surface area contributed by atoms with E-state index in [-0.39, 0.29) is 127 Å². The summed E-state index contributed by atoms with van der Waals surface area (Å²) in [5, 5.41) is 53.0. The molecule has 0 aromatic heterocycles. The lowest BCUT2D eigenvalue weighted by Gasteiger charge is -2.41. The van der Waals surface area contributed by atoms with Gasteiger partial charge in [0.25, 0.3) is 11.8 Å². The van der Waals surface area contributed by atoms with Crippen LogP contribution in [0.1, 0.15) is 144 Å². The number of primary amides is 1. The summed E-state index contributed by atoms with van der Waals surface area (Å²) in [5.74, 6) is -5.13. The summed E-state index contributed by atoms with van der Waals surface area (Å²) in [7, 11) is 1.44. The number of esters is 1. The number of hydrogen-bond donors (Lipinski definition) is 9. The number of unbranched alkanes of at least 4 members (excludes halogenated alkanes) is 2. The van der Waals surface area contributed by atoms with Gasteiger partial charge in [-0.3, -0.25) is 38.5 Å². The molecule has 0 spiro atoms. The van der Waals surface area contributed by atoms with E-state index in [0.29, 0.717) is 48.9 Å². The molecule has 4 aliphatic heterocycles. The number of carboxylic acids is 1. The summed E-state index contributed by atoms with van der Waals surface area (Å²) < 4.78 is 29.7. The van der Waals surface area contributed by atoms with E-state index in [1.165, 1.54) is 29.1 Å². The van der Waals surface area contributed by atoms with E-state index in [0.717, 1.165) is 4.90 Å². The highest BCUT2D eigenvalue weighted by Crippen LogP contribution is 2.38. The first-order chi connectivity index (χ1) is 43.9. The molecule has 27 nitrogen and oxygen atoms in total. The highest BCUT2D eigenvalue weighted by molar-refractivity contribution is 6.12. The lowest BCUT2D eigenvalue weighted by Crippen LogP contribution is -2.57. The average Bonchev–Trinajstić information content (AvgIpc) is 1.74. The van der Waals surface area contributed by atoms with Crippen molar-refractivity contribution < 1.29 is 92.1 Å². The van der Waals surface area contributed by atoms with Crippen LogP contribution in [-0.4, -0.2) is 201 Å². The monoisotopic (exact) mass is 1310 g/mol. The number of carbonyl (C=O) groups excluding carboxylic acids is 9. The molecule has 1 aromatic carbocycles. The number of cyclic esters (lactones) is 1. The minimum atomic E-state index is -1.26. The summed E-state index contributed by atoms with van der Waals surface area (Å²) in [6.07, 6.45) is 7.59. The third-order valence-electron chi connectivity index (χ3n) is 17.3. The van der Waals surface area contributed by atoms with E-state index in [4.69, 9.17) is 29.4 Å². The van der Waals surface area contributed by atoms with E-state index in [2.05, 4.69) is 21.3 Å². The number of methoxy groups -OCH3 is 1. The molecule has 1 unspecified atom stereocenters. The second-order valence-corrected chi connectivity index (χ2v) is 25.4. The van der Waals surface area contributed by atoms with Gasteiger partial charge >= 0.3 is 30.2 Å². The Kier molecular flexibility index (Phi) is 29.5. The third kappa shape index (κ3) is 24.3. The molecule has 1 aromatic rings. The first kappa shape index (κ1) is 76.0. The molecule has 9 amide bonds. The molecule has 93 heavy (non-hydrogen) atoms. The van der Waals surface area contributed by atoms with Crippen molar-refractivity contribution in [3.05, 3.63) is 77.9 Å². The molecule has 5 rings (SSSR count). The second kappa shape index (κ2) is 36.1. The predicted octanol–water partition coefficient (Wildman–Crippen LogP) is 5.05. The van der Waals surface area contributed by atoms with Crippen molar-refractivity contribution in [2.45, 2.75) is 211 Å². The Labute approximate surface area is 544 Å². The quantitative estimate of drug-likeness (QED) is 0.00893. The third-order valence-corrected chi connectivity index (χ3v) is 17.3. The number of aliphatic hydroxyl groups is 3. The number of rotatable bonds is 31. The largest absolute Gasteiger partial charge is 0.481 e. The molecule has 4 heterocycles. The van der Waals surface area contributed by atoms with Crippen LogP contribution in [-0.2, 0) is 63.9 Å². The molecule has 0 aliphatic carbocycles. The zero-order chi connectivity index (χ0) is 68.7. The minimum absolute atomic E-state index is 0.0243. The lowest BCUT2D eigenvalue weighted by atomic mass is 9.88. The van der Waals surface area contributed by atoms with Crippen molar-refractivity contribution in [2.24, 2.45) is 23.5 Å². The van der Waals surface area contributed by atoms with Gasteiger partial charge in [0.15, 0.2) is 6.10 Å². The number of nitrogens with two attached hydrogens (primary N) is 1. The summed E-state index contributed by atoms with van der Waals surface area (Å²) in [6, 6.07) is 2.58. The number of imide groups is 1. The number of aliphatic hydroxyl groups excluding tert-OH is 2. The number of benzene rings is 1. The van der Waals surface area contributed by atoms with E-state index in [1.54, 1.807) is 89.3 Å². The summed E-state index contributed by atoms with van der Waals surface area (Å²) in [5.41, 5.74) is 4.19. The van der Waals surface area contributed by atoms with Crippen LogP contribution >= 0.6 is 0 Å². The number of nitrogens with zero attached hydrogens (tertiary/aromatic N) is 3. The van der Waals surface area contributed by atoms with Gasteiger partial charge < -0.3 is 80.9 Å². The van der Waals surface area contributed by atoms with Gasteiger partial charge in [0.1, 0.15) is 30.4 Å². The number of ether oxygens (including phenoxy) is 5. The van der Waals surface area contributed by atoms with E-state index >= 15 is 0 Å². The number of carbonyl (C=O) groups is 10. The summed E-state index contributed by atoms with van der Waals surface area (Å²) in [6.45, 7) is 14.1. The van der Waals surface area contributed by atoms with Gasteiger partial charge in [0, 0.05) is 88.8 Å². The molecule has 27 heteroatoms. The Bertz CT molecular complexity index is 2860. The Morgan fingerprint density at radius 3 is 2.28 bits per heavy atom. The van der Waals surface area contributed by atoms with Crippen molar-refractivity contribution in [1.82, 2.24) is 30.7 Å². The average molecular weight is 1310 g/mol. The van der Waals surface area contributed by atoms with Crippen LogP contribution in [0.3, 0.4) is 0 Å². The van der Waals surface area contributed by atoms with Crippen molar-refractivity contribution >= 4 is 65.4 Å². The van der Waals surface area contributed by atoms with Gasteiger partial charge in [0.05, 0.1) is 42.5 Å². The van der Waals surface area contributed by atoms with E-state index < -0.39 is 108 Å². The number of aliphatic carboxylic acids is 1. The van der Waals surface area contributed by atoms with Crippen molar-refractivity contribution in [3.63, 3.8) is 0 Å². The van der Waals surface area contributed by atoms with Gasteiger partial charge in [-0.15, -0.1) is 0 Å². The Hall–Kier alpha value is -7.72. The molecule has 4 aliphatic rings. The van der Waals surface area contributed by atoms with Crippen LogP contribution in [0.4, 0.5) is 20.1 Å². The molecule has 2 saturated heterocycles. The molecule has 13 atom stereocenters. The van der Waals surface area contributed by atoms with Gasteiger partial charge in [-0.25, -0.2) is 14.4 Å². The Morgan fingerprint density at radius 2 is 1.63 bits per heavy atom. The van der Waals surface area contributed by atoms with Crippen LogP contribution in [0.5, 0.6) is 0 Å². The van der Waals surface area contributed by atoms with Crippen LogP contribution in [0, 0.1) is 17.8 Å². The Morgan fingerprint density at radius 1 is 0.935 bits per heavy atom. The van der Waals surface area contributed by atoms with Crippen molar-refractivity contribution in [2.75, 3.05) is 45.2 Å². The van der Waals surface area contributed by atoms with Crippen LogP contribution in [0.15, 0.2) is 72.4 Å². The minimum Gasteiger partial charge on any atom is -0.481 e. The normalized spacial score (nSPS) is 25.1. The molecular formula is C66H98N8O19. The second-order valence-electron chi connectivity index (χ2n) is 25.4. The summed E-state index contributed by atoms with van der Waals surface area (Å²) >= 11 is 0. The topological polar surface area (TPSA) is 385 Å². The van der Waals surface area contributed by atoms with Gasteiger partial charge in [0.2, 0.25) is 17.7 Å². The molecule has 0 saturated carbocycles. The summed E-state index contributed by atoms with van der Waals surface area (Å²) in [4.78, 5) is 133. The fourth-order valence-electron chi connectivity index (χ4n) is 11.3. The molecule has 0 radical (unpaired) electrons. The smallest absolute Gasteiger partial charge is 0.410 e. The number of carboxylic acid groups (broad SMARTS) is 1. The highest BCUT2D eigenvalue weighted by atomic mass is 16.6. The Balaban J connectivity index is 1.20. The fourth-order valence-corrected chi connectivity index (χ4v) is 11.3. The fraction of sp³-hybridized carbons (Fsp3) is 0.636. The van der Waals surface area contributed by atoms with E-state index in [1.807, 2.05) is 20.8 Å². The van der Waals surface area contributed by atoms with Crippen LogP contribution in [0.2, 0.25) is 0 Å². The zero-order valence-corrected chi connectivity index (χ0v) is 55.0. The standard InChI is InChI=1S/C66H98N8O19/c1-10-49(76)43(6)59-50(91-59)37-65(7,88)30-14-16-41(4)58-42(5)19-25-51(66(8,89-9)31-29-47(75)36-56(82)93-58)92-63(86)72-34-35-73(46(38-72)24-28-55(80)81)64(87)90-39-44-20-22-45(23-21-44)69-60(83)48(17-15-32-68-62(67)85)70-61(84)57(40(2)3)71-52(77)18-12-11-13-33-74-53(78)26-27-54(74)79/h14,16,19-23,25-27,30,40,42-43,46-51,57-59,75-76,88H,10-13,15,17-18,24,28-29,31-39H2,1-9H3,(H,69,83)(H,70,84)(H,71,77)(H,80,81)(H3,67,68,85)/b25-19+,30-14+,41-16+/t42-,43+,46+,47+,48-,49-,50+,51-,57-,58+,59+,65?,66+/m0/s1.